The number of nitrogens with zero attached hydrogens (tertiary/aromatic N) is 3. The monoisotopic (exact) mass is 342 g/mol. The summed E-state index contributed by atoms with van der Waals surface area (Å²) in [6.45, 7) is 0. The van der Waals surface area contributed by atoms with Gasteiger partial charge in [-0.3, -0.25) is 15.3 Å². The van der Waals surface area contributed by atoms with Gasteiger partial charge in [-0.1, -0.05) is 36.4 Å². The number of rotatable bonds is 3. The third kappa shape index (κ3) is 3.25. The molecule has 2 heterocycles. The van der Waals surface area contributed by atoms with Crippen molar-refractivity contribution in [3.05, 3.63) is 89.2 Å². The minimum absolute atomic E-state index is 0.0553. The van der Waals surface area contributed by atoms with Gasteiger partial charge >= 0.3 is 0 Å². The van der Waals surface area contributed by atoms with Crippen LogP contribution in [-0.2, 0) is 6.42 Å². The van der Waals surface area contributed by atoms with Gasteiger partial charge < -0.3 is 10.7 Å². The number of benzene rings is 2. The van der Waals surface area contributed by atoms with Crippen LogP contribution in [0.5, 0.6) is 0 Å². The molecule has 0 atom stereocenters. The first-order chi connectivity index (χ1) is 12.7. The number of allylic oxidation sites excluding steroid dienone is 1. The zero-order chi connectivity index (χ0) is 17.9. The Bertz CT molecular complexity index is 1080. The Morgan fingerprint density at radius 2 is 1.92 bits per heavy atom. The van der Waals surface area contributed by atoms with Crippen LogP contribution in [-0.4, -0.2) is 20.8 Å². The molecule has 0 saturated heterocycles. The van der Waals surface area contributed by atoms with E-state index in [4.69, 9.17) is 16.1 Å². The average molecular weight is 342 g/mol. The second-order valence-corrected chi connectivity index (χ2v) is 6.05. The summed E-state index contributed by atoms with van der Waals surface area (Å²) in [7, 11) is 0. The van der Waals surface area contributed by atoms with Crippen molar-refractivity contribution in [2.24, 2.45) is 10.7 Å². The zero-order valence-electron chi connectivity index (χ0n) is 14.1. The lowest BCUT2D eigenvalue weighted by atomic mass is 10.0. The molecular weight excluding hydrogens is 324 g/mol. The second-order valence-electron chi connectivity index (χ2n) is 6.05. The van der Waals surface area contributed by atoms with Gasteiger partial charge in [0.15, 0.2) is 5.96 Å². The van der Waals surface area contributed by atoms with E-state index in [0.717, 1.165) is 33.1 Å². The Balaban J connectivity index is 1.81. The van der Waals surface area contributed by atoms with Crippen molar-refractivity contribution in [2.75, 3.05) is 0 Å². The van der Waals surface area contributed by atoms with Gasteiger partial charge in [-0.2, -0.15) is 0 Å². The highest BCUT2D eigenvalue weighted by Crippen LogP contribution is 2.16. The van der Waals surface area contributed by atoms with E-state index in [1.165, 1.54) is 0 Å². The topological polar surface area (TPSA) is 94.1 Å². The molecule has 4 N–H and O–H groups in total. The van der Waals surface area contributed by atoms with Gasteiger partial charge in [0, 0.05) is 35.9 Å². The van der Waals surface area contributed by atoms with E-state index >= 15 is 0 Å². The van der Waals surface area contributed by atoms with Crippen LogP contribution in [0.2, 0.25) is 0 Å². The highest BCUT2D eigenvalue weighted by Gasteiger charge is 2.09. The van der Waals surface area contributed by atoms with Crippen LogP contribution in [0.25, 0.3) is 17.3 Å². The average Bonchev–Trinajstić information content (AvgIpc) is 3.08. The standard InChI is InChI=1S/C20H18N6/c21-20(22)26-11-16-8-15(14-4-2-1-3-5-14)6-7-19(16)25-18(12-26)9-17-10-23-13-24-17/h1-8,10-13H,9H2,(H3,21,22)(H,23,24). The number of nitrogens with two attached hydrogens (primary N) is 1. The van der Waals surface area contributed by atoms with Crippen LogP contribution < -0.4 is 16.3 Å². The normalized spacial score (nSPS) is 13.1. The maximum Gasteiger partial charge on any atom is 0.196 e. The van der Waals surface area contributed by atoms with Crippen LogP contribution >= 0.6 is 0 Å². The van der Waals surface area contributed by atoms with E-state index in [1.54, 1.807) is 23.6 Å². The number of nitrogens with one attached hydrogen (secondary N) is 2. The van der Waals surface area contributed by atoms with Crippen LogP contribution in [0.4, 0.5) is 0 Å². The number of guanidine groups is 1. The Morgan fingerprint density at radius 1 is 1.08 bits per heavy atom. The van der Waals surface area contributed by atoms with E-state index in [-0.39, 0.29) is 5.96 Å². The van der Waals surface area contributed by atoms with Crippen LogP contribution in [0.15, 0.2) is 77.9 Å². The van der Waals surface area contributed by atoms with E-state index in [2.05, 4.69) is 34.2 Å². The first-order valence-corrected chi connectivity index (χ1v) is 8.25. The summed E-state index contributed by atoms with van der Waals surface area (Å²) < 4.78 is 0. The van der Waals surface area contributed by atoms with Crippen molar-refractivity contribution >= 4 is 12.2 Å². The minimum atomic E-state index is -0.0553. The number of aromatic nitrogens is 2. The van der Waals surface area contributed by atoms with Crippen molar-refractivity contribution in [1.29, 1.82) is 5.41 Å². The lowest BCUT2D eigenvalue weighted by molar-refractivity contribution is 0.780. The zero-order valence-corrected chi connectivity index (χ0v) is 14.1. The van der Waals surface area contributed by atoms with Crippen LogP contribution in [0.1, 0.15) is 5.69 Å². The summed E-state index contributed by atoms with van der Waals surface area (Å²) in [5.41, 5.74) is 9.73. The number of hydrogen-bond acceptors (Lipinski definition) is 3. The predicted molar refractivity (Wildman–Crippen MR) is 101 cm³/mol. The summed E-state index contributed by atoms with van der Waals surface area (Å²) in [5.74, 6) is -0.0553. The third-order valence-electron chi connectivity index (χ3n) is 4.17. The molecular formula is C20H18N6. The van der Waals surface area contributed by atoms with E-state index in [0.29, 0.717) is 6.42 Å². The van der Waals surface area contributed by atoms with Gasteiger partial charge in [0.25, 0.3) is 0 Å². The summed E-state index contributed by atoms with van der Waals surface area (Å²) in [6, 6.07) is 16.3. The molecule has 0 radical (unpaired) electrons. The largest absolute Gasteiger partial charge is 0.369 e. The van der Waals surface area contributed by atoms with Crippen LogP contribution in [0, 0.1) is 5.41 Å². The smallest absolute Gasteiger partial charge is 0.196 e. The van der Waals surface area contributed by atoms with Crippen molar-refractivity contribution < 1.29 is 0 Å². The lowest BCUT2D eigenvalue weighted by Crippen LogP contribution is -2.32. The summed E-state index contributed by atoms with van der Waals surface area (Å²) in [6.07, 6.45) is 7.61. The highest BCUT2D eigenvalue weighted by atomic mass is 15.2. The Hall–Kier alpha value is -3.67. The minimum Gasteiger partial charge on any atom is -0.369 e. The molecule has 128 valence electrons. The predicted octanol–water partition coefficient (Wildman–Crippen LogP) is 1.73. The fourth-order valence-corrected chi connectivity index (χ4v) is 2.90. The molecule has 0 spiro atoms. The molecule has 1 aromatic heterocycles. The van der Waals surface area contributed by atoms with Crippen molar-refractivity contribution in [2.45, 2.75) is 6.42 Å². The number of hydrogen-bond donors (Lipinski definition) is 3. The molecule has 3 aromatic rings. The van der Waals surface area contributed by atoms with Gasteiger partial charge in [-0.05, 0) is 23.3 Å². The van der Waals surface area contributed by atoms with E-state index < -0.39 is 0 Å². The van der Waals surface area contributed by atoms with E-state index in [9.17, 15) is 0 Å². The summed E-state index contributed by atoms with van der Waals surface area (Å²) in [5, 5.41) is 9.61. The Kier molecular flexibility index (Phi) is 4.07. The fourth-order valence-electron chi connectivity index (χ4n) is 2.90. The van der Waals surface area contributed by atoms with Crippen molar-refractivity contribution in [1.82, 2.24) is 14.9 Å². The molecule has 6 nitrogen and oxygen atoms in total. The van der Waals surface area contributed by atoms with Crippen LogP contribution in [0.3, 0.4) is 0 Å². The number of imidazole rings is 1. The van der Waals surface area contributed by atoms with Gasteiger partial charge in [0.05, 0.1) is 17.4 Å². The molecule has 1 aliphatic heterocycles. The van der Waals surface area contributed by atoms with Crippen molar-refractivity contribution in [3.63, 3.8) is 0 Å². The van der Waals surface area contributed by atoms with Gasteiger partial charge in [0.2, 0.25) is 0 Å². The molecule has 0 aliphatic carbocycles. The Morgan fingerprint density at radius 3 is 2.65 bits per heavy atom. The molecule has 0 fully saturated rings. The van der Waals surface area contributed by atoms with Gasteiger partial charge in [0.1, 0.15) is 0 Å². The maximum absolute atomic E-state index is 7.85. The maximum atomic E-state index is 7.85. The molecule has 0 saturated carbocycles. The summed E-state index contributed by atoms with van der Waals surface area (Å²) in [4.78, 5) is 13.5. The molecule has 26 heavy (non-hydrogen) atoms. The first kappa shape index (κ1) is 15.8. The van der Waals surface area contributed by atoms with Gasteiger partial charge in [-0.25, -0.2) is 4.98 Å². The quantitative estimate of drug-likeness (QED) is 0.500. The highest BCUT2D eigenvalue weighted by molar-refractivity contribution is 5.80. The summed E-state index contributed by atoms with van der Waals surface area (Å²) >= 11 is 0. The number of aromatic amines is 1. The van der Waals surface area contributed by atoms with Gasteiger partial charge in [-0.15, -0.1) is 0 Å². The first-order valence-electron chi connectivity index (χ1n) is 8.25. The molecule has 2 aromatic carbocycles. The third-order valence-corrected chi connectivity index (χ3v) is 4.17. The molecule has 6 heteroatoms. The molecule has 1 aliphatic rings. The van der Waals surface area contributed by atoms with E-state index in [1.807, 2.05) is 30.5 Å². The molecule has 0 unspecified atom stereocenters. The molecule has 0 amide bonds. The molecule has 0 bridgehead atoms. The second kappa shape index (κ2) is 6.68. The Labute approximate surface area is 150 Å². The van der Waals surface area contributed by atoms with Crippen molar-refractivity contribution in [3.8, 4) is 11.1 Å². The molecule has 4 rings (SSSR count). The number of H-pyrrole nitrogens is 1. The fraction of sp³-hybridized carbons (Fsp3) is 0.0500. The SMILES string of the molecule is N=C(N)N1C=C(Cc2cnc[nH]2)N=c2ccc(-c3ccccc3)cc2=C1. The number of fused-ring (bicyclic) bond motifs is 1. The lowest BCUT2D eigenvalue weighted by Gasteiger charge is -2.12.